The highest BCUT2D eigenvalue weighted by Crippen LogP contribution is 2.27. The minimum atomic E-state index is -3.18. The average Bonchev–Trinajstić information content (AvgIpc) is 2.92. The minimum absolute atomic E-state index is 0.0215. The fourth-order valence-corrected chi connectivity index (χ4v) is 3.80. The number of aromatic nitrogens is 4. The number of hydrogen-bond donors (Lipinski definition) is 1. The van der Waals surface area contributed by atoms with Gasteiger partial charge in [0.25, 0.3) is 0 Å². The normalized spacial score (nSPS) is 19.9. The fraction of sp³-hybridized carbons (Fsp3) is 0.533. The summed E-state index contributed by atoms with van der Waals surface area (Å²) in [6.45, 7) is 4.88. The van der Waals surface area contributed by atoms with E-state index in [4.69, 9.17) is 0 Å². The zero-order chi connectivity index (χ0) is 16.6. The van der Waals surface area contributed by atoms with Crippen LogP contribution in [0.2, 0.25) is 0 Å². The van der Waals surface area contributed by atoms with Gasteiger partial charge in [0.15, 0.2) is 5.82 Å². The van der Waals surface area contributed by atoms with Crippen LogP contribution in [-0.2, 0) is 10.0 Å². The molecule has 1 aliphatic rings. The molecule has 1 aliphatic heterocycles. The third kappa shape index (κ3) is 3.59. The first-order valence-electron chi connectivity index (χ1n) is 7.65. The highest BCUT2D eigenvalue weighted by atomic mass is 32.2. The highest BCUT2D eigenvalue weighted by molar-refractivity contribution is 7.88. The van der Waals surface area contributed by atoms with Crippen LogP contribution in [0.15, 0.2) is 12.3 Å². The molecule has 1 saturated heterocycles. The number of aryl methyl sites for hydroxylation is 2. The summed E-state index contributed by atoms with van der Waals surface area (Å²) >= 11 is 0. The molecule has 0 bridgehead atoms. The molecular formula is C15H21N5O2S. The number of imidazole rings is 1. The topological polar surface area (TPSA) is 91.8 Å². The summed E-state index contributed by atoms with van der Waals surface area (Å²) in [5, 5.41) is 0. The van der Waals surface area contributed by atoms with E-state index >= 15 is 0 Å². The summed E-state index contributed by atoms with van der Waals surface area (Å²) in [7, 11) is -3.18. The van der Waals surface area contributed by atoms with Crippen molar-refractivity contribution < 1.29 is 8.42 Å². The molecule has 1 atom stereocenters. The van der Waals surface area contributed by atoms with Crippen molar-refractivity contribution in [1.82, 2.24) is 24.2 Å². The Hall–Kier alpha value is -1.80. The summed E-state index contributed by atoms with van der Waals surface area (Å²) in [4.78, 5) is 16.7. The third-order valence-electron chi connectivity index (χ3n) is 4.04. The molecule has 1 fully saturated rings. The first-order chi connectivity index (χ1) is 10.8. The average molecular weight is 335 g/mol. The third-order valence-corrected chi connectivity index (χ3v) is 5.30. The SMILES string of the molecule is Cc1cc(-c2ncc(C)[nH]2)nc([C@@H]2CCCN(S(C)(=O)=O)C2)n1. The van der Waals surface area contributed by atoms with Gasteiger partial charge in [-0.05, 0) is 32.8 Å². The number of nitrogens with one attached hydrogen (secondary N) is 1. The number of hydrogen-bond acceptors (Lipinski definition) is 5. The lowest BCUT2D eigenvalue weighted by molar-refractivity contribution is 0.311. The molecule has 7 nitrogen and oxygen atoms in total. The van der Waals surface area contributed by atoms with E-state index in [1.165, 1.54) is 10.6 Å². The van der Waals surface area contributed by atoms with E-state index in [0.717, 1.165) is 29.9 Å². The van der Waals surface area contributed by atoms with Gasteiger partial charge in [-0.15, -0.1) is 0 Å². The molecule has 0 unspecified atom stereocenters. The van der Waals surface area contributed by atoms with Gasteiger partial charge in [0.1, 0.15) is 11.5 Å². The molecule has 8 heteroatoms. The Balaban J connectivity index is 1.92. The van der Waals surface area contributed by atoms with Crippen molar-refractivity contribution in [2.24, 2.45) is 0 Å². The van der Waals surface area contributed by atoms with Crippen molar-refractivity contribution in [2.45, 2.75) is 32.6 Å². The lowest BCUT2D eigenvalue weighted by atomic mass is 9.98. The van der Waals surface area contributed by atoms with E-state index in [-0.39, 0.29) is 5.92 Å². The quantitative estimate of drug-likeness (QED) is 0.920. The number of rotatable bonds is 3. The van der Waals surface area contributed by atoms with Crippen LogP contribution in [0.4, 0.5) is 0 Å². The molecule has 124 valence electrons. The summed E-state index contributed by atoms with van der Waals surface area (Å²) in [5.41, 5.74) is 2.58. The molecule has 0 saturated carbocycles. The predicted octanol–water partition coefficient (Wildman–Crippen LogP) is 1.62. The van der Waals surface area contributed by atoms with Crippen LogP contribution in [0.25, 0.3) is 11.5 Å². The second-order valence-electron chi connectivity index (χ2n) is 6.13. The van der Waals surface area contributed by atoms with Gasteiger partial charge >= 0.3 is 0 Å². The van der Waals surface area contributed by atoms with E-state index in [2.05, 4.69) is 19.9 Å². The maximum atomic E-state index is 11.8. The second-order valence-corrected chi connectivity index (χ2v) is 8.11. The number of piperidine rings is 1. The van der Waals surface area contributed by atoms with Crippen molar-refractivity contribution in [3.8, 4) is 11.5 Å². The fourth-order valence-electron chi connectivity index (χ4n) is 2.89. The second kappa shape index (κ2) is 6.01. The van der Waals surface area contributed by atoms with Crippen molar-refractivity contribution in [3.63, 3.8) is 0 Å². The maximum Gasteiger partial charge on any atom is 0.211 e. The van der Waals surface area contributed by atoms with Gasteiger partial charge in [-0.3, -0.25) is 0 Å². The van der Waals surface area contributed by atoms with E-state index in [1.807, 2.05) is 19.9 Å². The molecule has 0 spiro atoms. The van der Waals surface area contributed by atoms with E-state index in [1.54, 1.807) is 6.20 Å². The molecule has 3 heterocycles. The van der Waals surface area contributed by atoms with Crippen LogP contribution in [-0.4, -0.2) is 52.0 Å². The largest absolute Gasteiger partial charge is 0.341 e. The number of sulfonamides is 1. The maximum absolute atomic E-state index is 11.8. The summed E-state index contributed by atoms with van der Waals surface area (Å²) < 4.78 is 25.1. The first kappa shape index (κ1) is 16.1. The van der Waals surface area contributed by atoms with Crippen LogP contribution in [0, 0.1) is 13.8 Å². The van der Waals surface area contributed by atoms with Crippen LogP contribution in [0.3, 0.4) is 0 Å². The van der Waals surface area contributed by atoms with E-state index < -0.39 is 10.0 Å². The lowest BCUT2D eigenvalue weighted by Gasteiger charge is -2.30. The Labute approximate surface area is 136 Å². The van der Waals surface area contributed by atoms with E-state index in [9.17, 15) is 8.42 Å². The Morgan fingerprint density at radius 3 is 2.74 bits per heavy atom. The number of nitrogens with zero attached hydrogens (tertiary/aromatic N) is 4. The Morgan fingerprint density at radius 1 is 1.30 bits per heavy atom. The molecule has 0 radical (unpaired) electrons. The van der Waals surface area contributed by atoms with Crippen LogP contribution >= 0.6 is 0 Å². The van der Waals surface area contributed by atoms with Gasteiger partial charge in [0, 0.05) is 36.6 Å². The minimum Gasteiger partial charge on any atom is -0.341 e. The van der Waals surface area contributed by atoms with Crippen molar-refractivity contribution in [2.75, 3.05) is 19.3 Å². The molecule has 23 heavy (non-hydrogen) atoms. The molecule has 1 N–H and O–H groups in total. The van der Waals surface area contributed by atoms with Gasteiger partial charge in [0.2, 0.25) is 10.0 Å². The molecule has 2 aromatic heterocycles. The van der Waals surface area contributed by atoms with Gasteiger partial charge < -0.3 is 4.98 Å². The monoisotopic (exact) mass is 335 g/mol. The highest BCUT2D eigenvalue weighted by Gasteiger charge is 2.28. The van der Waals surface area contributed by atoms with Gasteiger partial charge in [-0.2, -0.15) is 0 Å². The van der Waals surface area contributed by atoms with E-state index in [0.29, 0.717) is 24.7 Å². The molecule has 3 rings (SSSR count). The van der Waals surface area contributed by atoms with Gasteiger partial charge in [-0.25, -0.2) is 27.7 Å². The van der Waals surface area contributed by atoms with Crippen molar-refractivity contribution >= 4 is 10.0 Å². The predicted molar refractivity (Wildman–Crippen MR) is 87.5 cm³/mol. The molecule has 0 amide bonds. The Bertz CT molecular complexity index is 815. The summed E-state index contributed by atoms with van der Waals surface area (Å²) in [6, 6.07) is 1.89. The number of aromatic amines is 1. The first-order valence-corrected chi connectivity index (χ1v) is 9.50. The summed E-state index contributed by atoms with van der Waals surface area (Å²) in [5.74, 6) is 1.43. The molecule has 0 aromatic carbocycles. The van der Waals surface area contributed by atoms with Gasteiger partial charge in [-0.1, -0.05) is 0 Å². The van der Waals surface area contributed by atoms with Crippen LogP contribution in [0.5, 0.6) is 0 Å². The molecular weight excluding hydrogens is 314 g/mol. The van der Waals surface area contributed by atoms with Crippen molar-refractivity contribution in [1.29, 1.82) is 0 Å². The lowest BCUT2D eigenvalue weighted by Crippen LogP contribution is -2.38. The standard InChI is InChI=1S/C15H21N5O2S/c1-10-7-13(15-16-8-11(2)18-15)19-14(17-10)12-5-4-6-20(9-12)23(3,21)22/h7-8,12H,4-6,9H2,1-3H3,(H,16,18)/t12-/m1/s1. The Kier molecular flexibility index (Phi) is 4.20. The zero-order valence-corrected chi connectivity index (χ0v) is 14.4. The summed E-state index contributed by atoms with van der Waals surface area (Å²) in [6.07, 6.45) is 4.73. The smallest absolute Gasteiger partial charge is 0.211 e. The van der Waals surface area contributed by atoms with Gasteiger partial charge in [0.05, 0.1) is 6.26 Å². The van der Waals surface area contributed by atoms with Crippen LogP contribution in [0.1, 0.15) is 36.0 Å². The zero-order valence-electron chi connectivity index (χ0n) is 13.6. The molecule has 2 aromatic rings. The molecule has 0 aliphatic carbocycles. The number of H-pyrrole nitrogens is 1. The van der Waals surface area contributed by atoms with Crippen molar-refractivity contribution in [3.05, 3.63) is 29.5 Å². The van der Waals surface area contributed by atoms with Crippen LogP contribution < -0.4 is 0 Å². The Morgan fingerprint density at radius 2 is 2.09 bits per heavy atom.